The number of hydrogen-bond acceptors (Lipinski definition) is 2. The van der Waals surface area contributed by atoms with Gasteiger partial charge in [-0.05, 0) is 41.9 Å². The Morgan fingerprint density at radius 1 is 1.30 bits per heavy atom. The summed E-state index contributed by atoms with van der Waals surface area (Å²) in [6, 6.07) is 7.01. The van der Waals surface area contributed by atoms with Gasteiger partial charge in [0.15, 0.2) is 0 Å². The lowest BCUT2D eigenvalue weighted by Gasteiger charge is -2.24. The third-order valence-electron chi connectivity index (χ3n) is 3.87. The molecule has 2 N–H and O–H groups in total. The maximum absolute atomic E-state index is 5.64. The lowest BCUT2D eigenvalue weighted by atomic mass is 10.1. The highest BCUT2D eigenvalue weighted by atomic mass is 32.1. The van der Waals surface area contributed by atoms with E-state index in [0.29, 0.717) is 10.9 Å². The Hall–Kier alpha value is -0.930. The summed E-state index contributed by atoms with van der Waals surface area (Å²) in [5.41, 5.74) is 10.2. The zero-order valence-electron chi connectivity index (χ0n) is 12.7. The maximum atomic E-state index is 5.64. The normalized spacial score (nSPS) is 14.0. The van der Waals surface area contributed by atoms with Crippen LogP contribution in [0.15, 0.2) is 18.2 Å². The van der Waals surface area contributed by atoms with Crippen LogP contribution in [-0.4, -0.2) is 23.0 Å². The summed E-state index contributed by atoms with van der Waals surface area (Å²) in [5.74, 6) is 0.663. The Labute approximate surface area is 128 Å². The summed E-state index contributed by atoms with van der Waals surface area (Å²) in [6.45, 7) is 7.59. The molecule has 0 radical (unpaired) electrons. The van der Waals surface area contributed by atoms with Crippen LogP contribution in [0.4, 0.5) is 0 Å². The van der Waals surface area contributed by atoms with Gasteiger partial charge in [0, 0.05) is 26.1 Å². The van der Waals surface area contributed by atoms with Gasteiger partial charge >= 0.3 is 0 Å². The van der Waals surface area contributed by atoms with Crippen molar-refractivity contribution in [1.82, 2.24) is 4.90 Å². The highest BCUT2D eigenvalue weighted by molar-refractivity contribution is 7.80. The van der Waals surface area contributed by atoms with E-state index in [1.54, 1.807) is 11.1 Å². The Kier molecular flexibility index (Phi) is 5.55. The summed E-state index contributed by atoms with van der Waals surface area (Å²) in [5, 5.41) is 0. The van der Waals surface area contributed by atoms with E-state index in [0.717, 1.165) is 26.1 Å². The minimum atomic E-state index is 0.618. The van der Waals surface area contributed by atoms with Gasteiger partial charge < -0.3 is 5.73 Å². The van der Waals surface area contributed by atoms with Crippen LogP contribution in [0.2, 0.25) is 0 Å². The van der Waals surface area contributed by atoms with Crippen molar-refractivity contribution in [2.24, 2.45) is 11.7 Å². The zero-order chi connectivity index (χ0) is 14.5. The summed E-state index contributed by atoms with van der Waals surface area (Å²) in [6.07, 6.45) is 4.63. The van der Waals surface area contributed by atoms with Gasteiger partial charge in [0.25, 0.3) is 0 Å². The summed E-state index contributed by atoms with van der Waals surface area (Å²) in [7, 11) is 0. The molecule has 0 aromatic heterocycles. The number of hydrogen-bond donors (Lipinski definition) is 1. The Balaban J connectivity index is 2.00. The fourth-order valence-corrected chi connectivity index (χ4v) is 3.09. The molecule has 110 valence electrons. The van der Waals surface area contributed by atoms with Crippen molar-refractivity contribution in [2.45, 2.75) is 46.1 Å². The number of nitrogens with zero attached hydrogens (tertiary/aromatic N) is 1. The molecule has 20 heavy (non-hydrogen) atoms. The zero-order valence-corrected chi connectivity index (χ0v) is 13.5. The lowest BCUT2D eigenvalue weighted by Crippen LogP contribution is -2.30. The molecule has 1 aromatic rings. The van der Waals surface area contributed by atoms with Gasteiger partial charge in [0.05, 0.1) is 4.99 Å². The van der Waals surface area contributed by atoms with Crippen LogP contribution in [-0.2, 0) is 19.4 Å². The largest absolute Gasteiger partial charge is 0.393 e. The number of fused-ring (bicyclic) bond motifs is 1. The quantitative estimate of drug-likeness (QED) is 0.781. The maximum Gasteiger partial charge on any atom is 0.0740 e. The fourth-order valence-electron chi connectivity index (χ4n) is 3.00. The molecule has 2 rings (SSSR count). The van der Waals surface area contributed by atoms with Gasteiger partial charge in [0.1, 0.15) is 0 Å². The summed E-state index contributed by atoms with van der Waals surface area (Å²) >= 11 is 5.01. The standard InChI is InChI=1S/C17H26N2S/c1-13(2)11-19(9-8-17(18)20)12-14-6-7-15-4-3-5-16(15)10-14/h6-7,10,13H,3-5,8-9,11-12H2,1-2H3,(H2,18,20). The molecule has 0 saturated carbocycles. The third-order valence-corrected chi connectivity index (χ3v) is 4.07. The molecule has 0 fully saturated rings. The molecule has 0 saturated heterocycles. The van der Waals surface area contributed by atoms with Crippen LogP contribution in [0.1, 0.15) is 43.4 Å². The van der Waals surface area contributed by atoms with Gasteiger partial charge in [-0.25, -0.2) is 0 Å². The predicted molar refractivity (Wildman–Crippen MR) is 90.0 cm³/mol. The Morgan fingerprint density at radius 3 is 2.75 bits per heavy atom. The van der Waals surface area contributed by atoms with Gasteiger partial charge in [0.2, 0.25) is 0 Å². The minimum absolute atomic E-state index is 0.618. The number of thiocarbonyl (C=S) groups is 1. The molecular formula is C17H26N2S. The van der Waals surface area contributed by atoms with Crippen LogP contribution >= 0.6 is 12.2 Å². The van der Waals surface area contributed by atoms with E-state index >= 15 is 0 Å². The topological polar surface area (TPSA) is 29.3 Å². The van der Waals surface area contributed by atoms with E-state index in [2.05, 4.69) is 36.9 Å². The van der Waals surface area contributed by atoms with Crippen molar-refractivity contribution in [3.63, 3.8) is 0 Å². The third kappa shape index (κ3) is 4.57. The molecule has 0 atom stereocenters. The van der Waals surface area contributed by atoms with Crippen LogP contribution in [0.3, 0.4) is 0 Å². The predicted octanol–water partition coefficient (Wildman–Crippen LogP) is 3.31. The fraction of sp³-hybridized carbons (Fsp3) is 0.588. The molecule has 0 amide bonds. The molecule has 1 aliphatic rings. The number of nitrogens with two attached hydrogens (primary N) is 1. The van der Waals surface area contributed by atoms with Crippen molar-refractivity contribution in [3.05, 3.63) is 34.9 Å². The first-order valence-electron chi connectivity index (χ1n) is 7.66. The van der Waals surface area contributed by atoms with Gasteiger partial charge in [-0.1, -0.05) is 44.3 Å². The van der Waals surface area contributed by atoms with E-state index in [9.17, 15) is 0 Å². The van der Waals surface area contributed by atoms with Crippen LogP contribution in [0, 0.1) is 5.92 Å². The van der Waals surface area contributed by atoms with Crippen molar-refractivity contribution in [1.29, 1.82) is 0 Å². The van der Waals surface area contributed by atoms with Gasteiger partial charge in [-0.15, -0.1) is 0 Å². The second-order valence-corrected chi connectivity index (χ2v) is 6.83. The average molecular weight is 290 g/mol. The van der Waals surface area contributed by atoms with E-state index in [1.165, 1.54) is 24.8 Å². The van der Waals surface area contributed by atoms with E-state index < -0.39 is 0 Å². The monoisotopic (exact) mass is 290 g/mol. The number of rotatable bonds is 7. The van der Waals surface area contributed by atoms with Crippen LogP contribution in [0.25, 0.3) is 0 Å². The van der Waals surface area contributed by atoms with Crippen LogP contribution < -0.4 is 5.73 Å². The first-order chi connectivity index (χ1) is 9.54. The molecule has 0 aliphatic heterocycles. The van der Waals surface area contributed by atoms with Gasteiger partial charge in [-0.3, -0.25) is 4.90 Å². The average Bonchev–Trinajstić information content (AvgIpc) is 2.82. The summed E-state index contributed by atoms with van der Waals surface area (Å²) < 4.78 is 0. The first kappa shape index (κ1) is 15.5. The summed E-state index contributed by atoms with van der Waals surface area (Å²) in [4.78, 5) is 3.09. The van der Waals surface area contributed by atoms with Crippen molar-refractivity contribution < 1.29 is 0 Å². The highest BCUT2D eigenvalue weighted by Gasteiger charge is 2.13. The molecule has 0 spiro atoms. The molecule has 0 bridgehead atoms. The molecule has 0 unspecified atom stereocenters. The molecular weight excluding hydrogens is 264 g/mol. The second kappa shape index (κ2) is 7.19. The smallest absolute Gasteiger partial charge is 0.0740 e. The number of benzene rings is 1. The Morgan fingerprint density at radius 2 is 2.05 bits per heavy atom. The van der Waals surface area contributed by atoms with Crippen molar-refractivity contribution >= 4 is 17.2 Å². The van der Waals surface area contributed by atoms with E-state index in [-0.39, 0.29) is 0 Å². The highest BCUT2D eigenvalue weighted by Crippen LogP contribution is 2.23. The Bertz CT molecular complexity index is 468. The lowest BCUT2D eigenvalue weighted by molar-refractivity contribution is 0.242. The number of aryl methyl sites for hydroxylation is 2. The first-order valence-corrected chi connectivity index (χ1v) is 8.06. The molecule has 2 nitrogen and oxygen atoms in total. The van der Waals surface area contributed by atoms with E-state index in [4.69, 9.17) is 18.0 Å². The SMILES string of the molecule is CC(C)CN(CCC(N)=S)Cc1ccc2c(c1)CCC2. The molecule has 3 heteroatoms. The molecule has 0 heterocycles. The molecule has 1 aliphatic carbocycles. The van der Waals surface area contributed by atoms with E-state index in [1.807, 2.05) is 0 Å². The molecule has 1 aromatic carbocycles. The van der Waals surface area contributed by atoms with Crippen molar-refractivity contribution in [2.75, 3.05) is 13.1 Å². The van der Waals surface area contributed by atoms with Crippen molar-refractivity contribution in [3.8, 4) is 0 Å². The second-order valence-electron chi connectivity index (χ2n) is 6.30. The van der Waals surface area contributed by atoms with Crippen LogP contribution in [0.5, 0.6) is 0 Å². The van der Waals surface area contributed by atoms with Gasteiger partial charge in [-0.2, -0.15) is 0 Å². The minimum Gasteiger partial charge on any atom is -0.393 e.